The molecule has 33 heavy (non-hydrogen) atoms. The van der Waals surface area contributed by atoms with Gasteiger partial charge in [-0.3, -0.25) is 0 Å². The second-order valence-electron chi connectivity index (χ2n) is 8.82. The normalized spacial score (nSPS) is 15.9. The van der Waals surface area contributed by atoms with Crippen molar-refractivity contribution in [1.82, 2.24) is 30.6 Å². The van der Waals surface area contributed by atoms with Crippen molar-refractivity contribution in [2.45, 2.75) is 45.7 Å². The Morgan fingerprint density at radius 3 is 2.30 bits per heavy atom. The highest BCUT2D eigenvalue weighted by Gasteiger charge is 2.21. The number of nitrogens with one attached hydrogen (secondary N) is 4. The molecule has 6 heteroatoms. The molecule has 0 radical (unpaired) electrons. The van der Waals surface area contributed by atoms with Gasteiger partial charge in [-0.25, -0.2) is 9.97 Å². The van der Waals surface area contributed by atoms with Crippen LogP contribution in [0.25, 0.3) is 33.6 Å². The van der Waals surface area contributed by atoms with Crippen LogP contribution in [0, 0.1) is 6.92 Å². The summed E-state index contributed by atoms with van der Waals surface area (Å²) in [6, 6.07) is 17.7. The molecule has 0 saturated carbocycles. The van der Waals surface area contributed by atoms with E-state index in [1.165, 1.54) is 17.5 Å². The molecule has 6 nitrogen and oxygen atoms in total. The maximum absolute atomic E-state index is 4.90. The SMILES string of the molecule is CCCNCc1ncc(-c2ccc(-c3ccc(-c4nc([C@@H]5CCCN5)[nH]c4C)cc3)cc2)[nH]1. The highest BCUT2D eigenvalue weighted by Crippen LogP contribution is 2.29. The number of aromatic amines is 2. The van der Waals surface area contributed by atoms with Gasteiger partial charge in [-0.15, -0.1) is 0 Å². The van der Waals surface area contributed by atoms with Crippen molar-refractivity contribution in [2.75, 3.05) is 13.1 Å². The van der Waals surface area contributed by atoms with E-state index in [1.807, 2.05) is 6.20 Å². The van der Waals surface area contributed by atoms with Gasteiger partial charge >= 0.3 is 0 Å². The van der Waals surface area contributed by atoms with Crippen LogP contribution in [0.2, 0.25) is 0 Å². The molecule has 1 aliphatic rings. The number of benzene rings is 2. The maximum Gasteiger partial charge on any atom is 0.124 e. The van der Waals surface area contributed by atoms with Gasteiger partial charge in [-0.1, -0.05) is 55.5 Å². The van der Waals surface area contributed by atoms with E-state index >= 15 is 0 Å². The second kappa shape index (κ2) is 9.73. The van der Waals surface area contributed by atoms with Crippen LogP contribution in [0.1, 0.15) is 49.6 Å². The van der Waals surface area contributed by atoms with E-state index in [1.54, 1.807) is 0 Å². The third-order valence-electron chi connectivity index (χ3n) is 6.33. The molecule has 0 amide bonds. The zero-order valence-corrected chi connectivity index (χ0v) is 19.4. The summed E-state index contributed by atoms with van der Waals surface area (Å²) in [7, 11) is 0. The van der Waals surface area contributed by atoms with Gasteiger partial charge in [0, 0.05) is 11.3 Å². The van der Waals surface area contributed by atoms with Gasteiger partial charge in [0.1, 0.15) is 11.6 Å². The predicted octanol–water partition coefficient (Wildman–Crippen LogP) is 5.37. The minimum Gasteiger partial charge on any atom is -0.344 e. The molecule has 1 saturated heterocycles. The Balaban J connectivity index is 1.29. The third-order valence-corrected chi connectivity index (χ3v) is 6.33. The van der Waals surface area contributed by atoms with E-state index in [9.17, 15) is 0 Å². The standard InChI is InChI=1S/C27H32N6/c1-3-14-28-17-25-30-16-24(32-25)21-10-6-19(7-11-21)20-8-12-22(13-9-20)26-18(2)31-27(33-26)23-5-4-15-29-23/h6-13,16,23,28-29H,3-5,14-15,17H2,1-2H3,(H,30,32)(H,31,33)/t23-/m0/s1. The maximum atomic E-state index is 4.90. The fourth-order valence-corrected chi connectivity index (χ4v) is 4.49. The number of hydrogen-bond acceptors (Lipinski definition) is 4. The lowest BCUT2D eigenvalue weighted by atomic mass is 10.0. The van der Waals surface area contributed by atoms with Crippen molar-refractivity contribution in [3.63, 3.8) is 0 Å². The number of rotatable bonds is 8. The molecule has 2 aromatic carbocycles. The largest absolute Gasteiger partial charge is 0.344 e. The van der Waals surface area contributed by atoms with Crippen molar-refractivity contribution >= 4 is 0 Å². The highest BCUT2D eigenvalue weighted by molar-refractivity contribution is 5.72. The molecule has 0 bridgehead atoms. The lowest BCUT2D eigenvalue weighted by molar-refractivity contribution is 0.612. The summed E-state index contributed by atoms with van der Waals surface area (Å²) in [5.74, 6) is 2.03. The smallest absolute Gasteiger partial charge is 0.124 e. The lowest BCUT2D eigenvalue weighted by Gasteiger charge is -2.06. The van der Waals surface area contributed by atoms with Crippen LogP contribution >= 0.6 is 0 Å². The van der Waals surface area contributed by atoms with Crippen molar-refractivity contribution in [1.29, 1.82) is 0 Å². The van der Waals surface area contributed by atoms with Gasteiger partial charge in [-0.05, 0) is 56.0 Å². The van der Waals surface area contributed by atoms with Crippen LogP contribution in [-0.2, 0) is 6.54 Å². The molecular weight excluding hydrogens is 408 g/mol. The fourth-order valence-electron chi connectivity index (χ4n) is 4.49. The molecule has 4 aromatic rings. The number of hydrogen-bond donors (Lipinski definition) is 4. The number of H-pyrrole nitrogens is 2. The molecule has 4 N–H and O–H groups in total. The van der Waals surface area contributed by atoms with Crippen LogP contribution in [0.4, 0.5) is 0 Å². The van der Waals surface area contributed by atoms with E-state index in [0.29, 0.717) is 6.04 Å². The number of imidazole rings is 2. The predicted molar refractivity (Wildman–Crippen MR) is 134 cm³/mol. The monoisotopic (exact) mass is 440 g/mol. The molecule has 0 unspecified atom stereocenters. The third kappa shape index (κ3) is 4.77. The Labute approximate surface area is 195 Å². The Hall–Kier alpha value is -3.22. The minimum absolute atomic E-state index is 0.355. The average Bonchev–Trinajstić information content (AvgIpc) is 3.61. The first-order valence-electron chi connectivity index (χ1n) is 12.0. The van der Waals surface area contributed by atoms with Gasteiger partial charge in [0.2, 0.25) is 0 Å². The molecule has 0 aliphatic carbocycles. The summed E-state index contributed by atoms with van der Waals surface area (Å²) >= 11 is 0. The molecule has 1 aliphatic heterocycles. The topological polar surface area (TPSA) is 81.4 Å². The summed E-state index contributed by atoms with van der Waals surface area (Å²) in [4.78, 5) is 16.3. The molecule has 2 aromatic heterocycles. The van der Waals surface area contributed by atoms with Crippen LogP contribution in [0.3, 0.4) is 0 Å². The fraction of sp³-hybridized carbons (Fsp3) is 0.333. The average molecular weight is 441 g/mol. The molecule has 5 rings (SSSR count). The first-order valence-corrected chi connectivity index (χ1v) is 12.0. The lowest BCUT2D eigenvalue weighted by Crippen LogP contribution is -2.14. The first kappa shape index (κ1) is 21.6. The van der Waals surface area contributed by atoms with E-state index in [0.717, 1.165) is 72.3 Å². The van der Waals surface area contributed by atoms with Gasteiger partial charge in [0.15, 0.2) is 0 Å². The van der Waals surface area contributed by atoms with Gasteiger partial charge in [-0.2, -0.15) is 0 Å². The summed E-state index contributed by atoms with van der Waals surface area (Å²) < 4.78 is 0. The van der Waals surface area contributed by atoms with Crippen LogP contribution < -0.4 is 10.6 Å². The van der Waals surface area contributed by atoms with Crippen LogP contribution in [0.15, 0.2) is 54.7 Å². The molecule has 1 atom stereocenters. The van der Waals surface area contributed by atoms with E-state index in [2.05, 4.69) is 88.0 Å². The summed E-state index contributed by atoms with van der Waals surface area (Å²) in [5, 5.41) is 6.90. The summed E-state index contributed by atoms with van der Waals surface area (Å²) in [6.07, 6.45) is 5.40. The Morgan fingerprint density at radius 1 is 0.939 bits per heavy atom. The quantitative estimate of drug-likeness (QED) is 0.278. The summed E-state index contributed by atoms with van der Waals surface area (Å²) in [6.45, 7) is 7.12. The molecule has 0 spiro atoms. The van der Waals surface area contributed by atoms with Gasteiger partial charge in [0.25, 0.3) is 0 Å². The van der Waals surface area contributed by atoms with Crippen LogP contribution in [0.5, 0.6) is 0 Å². The number of nitrogens with zero attached hydrogens (tertiary/aromatic N) is 2. The van der Waals surface area contributed by atoms with Gasteiger partial charge in [0.05, 0.1) is 30.2 Å². The molecule has 3 heterocycles. The Kier molecular flexibility index (Phi) is 6.37. The Morgan fingerprint density at radius 2 is 1.64 bits per heavy atom. The molecular formula is C27H32N6. The van der Waals surface area contributed by atoms with E-state index < -0.39 is 0 Å². The van der Waals surface area contributed by atoms with Crippen molar-refractivity contribution < 1.29 is 0 Å². The van der Waals surface area contributed by atoms with Crippen LogP contribution in [-0.4, -0.2) is 33.0 Å². The minimum atomic E-state index is 0.355. The van der Waals surface area contributed by atoms with E-state index in [4.69, 9.17) is 4.98 Å². The molecule has 1 fully saturated rings. The Bertz CT molecular complexity index is 1180. The van der Waals surface area contributed by atoms with E-state index in [-0.39, 0.29) is 0 Å². The zero-order valence-electron chi connectivity index (χ0n) is 19.4. The summed E-state index contributed by atoms with van der Waals surface area (Å²) in [5.41, 5.74) is 7.91. The number of aryl methyl sites for hydroxylation is 1. The second-order valence-corrected chi connectivity index (χ2v) is 8.82. The van der Waals surface area contributed by atoms with Crippen molar-refractivity contribution in [3.05, 3.63) is 72.1 Å². The van der Waals surface area contributed by atoms with Crippen molar-refractivity contribution in [3.8, 4) is 33.6 Å². The molecule has 170 valence electrons. The number of aromatic nitrogens is 4. The first-order chi connectivity index (χ1) is 16.2. The highest BCUT2D eigenvalue weighted by atomic mass is 15.0. The van der Waals surface area contributed by atoms with Crippen molar-refractivity contribution in [2.24, 2.45) is 0 Å². The van der Waals surface area contributed by atoms with Gasteiger partial charge < -0.3 is 20.6 Å². The zero-order chi connectivity index (χ0) is 22.6.